The minimum absolute atomic E-state index is 0.102. The second-order valence-electron chi connectivity index (χ2n) is 4.63. The molecule has 0 bridgehead atoms. The Bertz CT molecular complexity index is 751. The highest BCUT2D eigenvalue weighted by Crippen LogP contribution is 2.16. The molecule has 0 spiro atoms. The average Bonchev–Trinajstić information content (AvgIpc) is 3.11. The molecule has 7 nitrogen and oxygen atoms in total. The molecule has 1 amide bonds. The third-order valence-corrected chi connectivity index (χ3v) is 3.07. The Balaban J connectivity index is 1.54. The standard InChI is InChI=1S/C13H13FN6O/c14-10-1-2-12-9(5-10)6-11(17-12)7-15-13(21)3-4-20-8-16-18-19-20/h1-2,5-6,8,17H,3-4,7H2,(H,15,21). The van der Waals surface area contributed by atoms with Gasteiger partial charge >= 0.3 is 0 Å². The molecule has 108 valence electrons. The highest BCUT2D eigenvalue weighted by Gasteiger charge is 2.05. The predicted molar refractivity (Wildman–Crippen MR) is 72.5 cm³/mol. The van der Waals surface area contributed by atoms with Crippen LogP contribution in [0.1, 0.15) is 12.1 Å². The first-order valence-electron chi connectivity index (χ1n) is 6.45. The summed E-state index contributed by atoms with van der Waals surface area (Å²) in [6.07, 6.45) is 1.75. The highest BCUT2D eigenvalue weighted by molar-refractivity contribution is 5.81. The van der Waals surface area contributed by atoms with Gasteiger partial charge in [0.25, 0.3) is 0 Å². The zero-order valence-corrected chi connectivity index (χ0v) is 11.1. The van der Waals surface area contributed by atoms with E-state index >= 15 is 0 Å². The zero-order valence-electron chi connectivity index (χ0n) is 11.1. The zero-order chi connectivity index (χ0) is 14.7. The maximum absolute atomic E-state index is 13.1. The lowest BCUT2D eigenvalue weighted by atomic mass is 10.2. The number of carbonyl (C=O) groups excluding carboxylic acids is 1. The summed E-state index contributed by atoms with van der Waals surface area (Å²) in [7, 11) is 0. The number of aryl methyl sites for hydroxylation is 1. The van der Waals surface area contributed by atoms with Gasteiger partial charge in [-0.25, -0.2) is 9.07 Å². The number of aromatic amines is 1. The lowest BCUT2D eigenvalue weighted by Gasteiger charge is -2.03. The molecule has 3 rings (SSSR count). The summed E-state index contributed by atoms with van der Waals surface area (Å²) in [6, 6.07) is 6.34. The van der Waals surface area contributed by atoms with Gasteiger partial charge in [-0.15, -0.1) is 5.10 Å². The SMILES string of the molecule is O=C(CCn1cnnn1)NCc1cc2cc(F)ccc2[nH]1. The van der Waals surface area contributed by atoms with Crippen LogP contribution in [-0.2, 0) is 17.9 Å². The fraction of sp³-hybridized carbons (Fsp3) is 0.231. The first-order chi connectivity index (χ1) is 10.2. The Morgan fingerprint density at radius 2 is 2.29 bits per heavy atom. The van der Waals surface area contributed by atoms with Gasteiger partial charge in [-0.1, -0.05) is 0 Å². The van der Waals surface area contributed by atoms with E-state index in [0.717, 1.165) is 16.6 Å². The van der Waals surface area contributed by atoms with Gasteiger partial charge in [0.15, 0.2) is 0 Å². The van der Waals surface area contributed by atoms with Gasteiger partial charge in [0.05, 0.1) is 13.1 Å². The smallest absolute Gasteiger partial charge is 0.222 e. The van der Waals surface area contributed by atoms with E-state index in [1.54, 1.807) is 6.07 Å². The van der Waals surface area contributed by atoms with Gasteiger partial charge in [-0.2, -0.15) is 0 Å². The van der Waals surface area contributed by atoms with E-state index < -0.39 is 0 Å². The molecule has 0 unspecified atom stereocenters. The van der Waals surface area contributed by atoms with Gasteiger partial charge in [0.1, 0.15) is 12.1 Å². The second kappa shape index (κ2) is 5.70. The molecular weight excluding hydrogens is 275 g/mol. The molecule has 2 N–H and O–H groups in total. The molecule has 0 atom stereocenters. The van der Waals surface area contributed by atoms with Crippen LogP contribution in [0.25, 0.3) is 10.9 Å². The van der Waals surface area contributed by atoms with Gasteiger partial charge < -0.3 is 10.3 Å². The van der Waals surface area contributed by atoms with Crippen LogP contribution in [0.3, 0.4) is 0 Å². The Labute approximate surface area is 119 Å². The van der Waals surface area contributed by atoms with Crippen molar-refractivity contribution in [2.45, 2.75) is 19.5 Å². The molecule has 21 heavy (non-hydrogen) atoms. The van der Waals surface area contributed by atoms with E-state index in [9.17, 15) is 9.18 Å². The summed E-state index contributed by atoms with van der Waals surface area (Å²) in [5, 5.41) is 14.2. The normalized spacial score (nSPS) is 10.9. The topological polar surface area (TPSA) is 88.5 Å². The molecule has 0 radical (unpaired) electrons. The number of carbonyl (C=O) groups is 1. The molecule has 0 saturated heterocycles. The van der Waals surface area contributed by atoms with E-state index in [4.69, 9.17) is 0 Å². The number of fused-ring (bicyclic) bond motifs is 1. The fourth-order valence-corrected chi connectivity index (χ4v) is 2.04. The summed E-state index contributed by atoms with van der Waals surface area (Å²) in [5.74, 6) is -0.381. The Morgan fingerprint density at radius 3 is 3.10 bits per heavy atom. The summed E-state index contributed by atoms with van der Waals surface area (Å²) >= 11 is 0. The van der Waals surface area contributed by atoms with Crippen molar-refractivity contribution >= 4 is 16.8 Å². The quantitative estimate of drug-likeness (QED) is 0.733. The highest BCUT2D eigenvalue weighted by atomic mass is 19.1. The molecule has 2 aromatic heterocycles. The Hall–Kier alpha value is -2.77. The van der Waals surface area contributed by atoms with Crippen molar-refractivity contribution in [1.29, 1.82) is 0 Å². The number of benzene rings is 1. The van der Waals surface area contributed by atoms with Crippen LogP contribution in [0.2, 0.25) is 0 Å². The first-order valence-corrected chi connectivity index (χ1v) is 6.45. The van der Waals surface area contributed by atoms with Crippen LogP contribution < -0.4 is 5.32 Å². The third-order valence-electron chi connectivity index (χ3n) is 3.07. The maximum atomic E-state index is 13.1. The molecule has 0 saturated carbocycles. The van der Waals surface area contributed by atoms with Crippen molar-refractivity contribution in [3.05, 3.63) is 42.1 Å². The van der Waals surface area contributed by atoms with Crippen molar-refractivity contribution in [3.8, 4) is 0 Å². The van der Waals surface area contributed by atoms with Gasteiger partial charge in [0.2, 0.25) is 5.91 Å². The summed E-state index contributed by atoms with van der Waals surface area (Å²) < 4.78 is 14.6. The van der Waals surface area contributed by atoms with Crippen LogP contribution in [0.15, 0.2) is 30.6 Å². The van der Waals surface area contributed by atoms with E-state index in [0.29, 0.717) is 19.5 Å². The number of aromatic nitrogens is 5. The van der Waals surface area contributed by atoms with Crippen LogP contribution in [0.5, 0.6) is 0 Å². The van der Waals surface area contributed by atoms with Crippen molar-refractivity contribution in [3.63, 3.8) is 0 Å². The number of hydrogen-bond acceptors (Lipinski definition) is 4. The molecule has 0 aliphatic rings. The predicted octanol–water partition coefficient (Wildman–Crippen LogP) is 1.000. The number of H-pyrrole nitrogens is 1. The lowest BCUT2D eigenvalue weighted by Crippen LogP contribution is -2.24. The number of nitrogens with zero attached hydrogens (tertiary/aromatic N) is 4. The number of nitrogens with one attached hydrogen (secondary N) is 2. The molecule has 1 aromatic carbocycles. The van der Waals surface area contributed by atoms with E-state index in [2.05, 4.69) is 25.8 Å². The van der Waals surface area contributed by atoms with E-state index in [-0.39, 0.29) is 11.7 Å². The number of amides is 1. The largest absolute Gasteiger partial charge is 0.357 e. The van der Waals surface area contributed by atoms with Gasteiger partial charge in [-0.3, -0.25) is 4.79 Å². The van der Waals surface area contributed by atoms with Gasteiger partial charge in [0, 0.05) is 23.0 Å². The summed E-state index contributed by atoms with van der Waals surface area (Å²) in [4.78, 5) is 14.8. The molecular formula is C13H13FN6O. The molecule has 8 heteroatoms. The molecule has 2 heterocycles. The van der Waals surface area contributed by atoms with Crippen molar-refractivity contribution in [2.24, 2.45) is 0 Å². The maximum Gasteiger partial charge on any atom is 0.222 e. The van der Waals surface area contributed by atoms with Crippen LogP contribution in [0, 0.1) is 5.82 Å². The lowest BCUT2D eigenvalue weighted by molar-refractivity contribution is -0.121. The minimum Gasteiger partial charge on any atom is -0.357 e. The number of rotatable bonds is 5. The fourth-order valence-electron chi connectivity index (χ4n) is 2.04. The average molecular weight is 288 g/mol. The van der Waals surface area contributed by atoms with Crippen LogP contribution >= 0.6 is 0 Å². The second-order valence-corrected chi connectivity index (χ2v) is 4.63. The van der Waals surface area contributed by atoms with Crippen molar-refractivity contribution < 1.29 is 9.18 Å². The van der Waals surface area contributed by atoms with Gasteiger partial charge in [-0.05, 0) is 34.7 Å². The van der Waals surface area contributed by atoms with Crippen molar-refractivity contribution in [2.75, 3.05) is 0 Å². The summed E-state index contributed by atoms with van der Waals surface area (Å²) in [6.45, 7) is 0.793. The van der Waals surface area contributed by atoms with E-state index in [1.807, 2.05) is 6.07 Å². The Kier molecular flexibility index (Phi) is 3.59. The first kappa shape index (κ1) is 13.2. The minimum atomic E-state index is -0.279. The number of halogens is 1. The number of tetrazole rings is 1. The number of hydrogen-bond donors (Lipinski definition) is 2. The van der Waals surface area contributed by atoms with Crippen LogP contribution in [-0.4, -0.2) is 31.1 Å². The summed E-state index contributed by atoms with van der Waals surface area (Å²) in [5.41, 5.74) is 1.67. The molecule has 0 aliphatic heterocycles. The van der Waals surface area contributed by atoms with E-state index in [1.165, 1.54) is 23.1 Å². The molecule has 0 fully saturated rings. The molecule has 0 aliphatic carbocycles. The van der Waals surface area contributed by atoms with Crippen LogP contribution in [0.4, 0.5) is 4.39 Å². The molecule has 3 aromatic rings. The van der Waals surface area contributed by atoms with Crippen molar-refractivity contribution in [1.82, 2.24) is 30.5 Å². The third kappa shape index (κ3) is 3.22. The monoisotopic (exact) mass is 288 g/mol. The Morgan fingerprint density at radius 1 is 1.38 bits per heavy atom.